The fraction of sp³-hybridized carbons (Fsp3) is 0.240. The Morgan fingerprint density at radius 1 is 1.03 bits per heavy atom. The maximum absolute atomic E-state index is 13.4. The Morgan fingerprint density at radius 3 is 2.38 bits per heavy atom. The molecule has 0 radical (unpaired) electrons. The number of aryl methyl sites for hydroxylation is 1. The van der Waals surface area contributed by atoms with Gasteiger partial charge in [-0.05, 0) is 36.1 Å². The molecule has 9 heteroatoms. The minimum absolute atomic E-state index is 0.183. The third-order valence-electron chi connectivity index (χ3n) is 5.50. The summed E-state index contributed by atoms with van der Waals surface area (Å²) in [5.41, 5.74) is 1.89. The van der Waals surface area contributed by atoms with Crippen LogP contribution >= 0.6 is 11.3 Å². The van der Waals surface area contributed by atoms with E-state index in [4.69, 9.17) is 9.47 Å². The molecule has 34 heavy (non-hydrogen) atoms. The number of imide groups is 1. The van der Waals surface area contributed by atoms with Crippen molar-refractivity contribution in [2.24, 2.45) is 0 Å². The topological polar surface area (TPSA) is 88.2 Å². The number of urea groups is 1. The zero-order valence-corrected chi connectivity index (χ0v) is 19.9. The van der Waals surface area contributed by atoms with Gasteiger partial charge in [0.1, 0.15) is 17.5 Å². The molecule has 1 aliphatic rings. The Labute approximate surface area is 201 Å². The average molecular weight is 480 g/mol. The van der Waals surface area contributed by atoms with E-state index in [1.807, 2.05) is 30.5 Å². The molecule has 1 aromatic heterocycles. The van der Waals surface area contributed by atoms with Gasteiger partial charge in [0.15, 0.2) is 0 Å². The summed E-state index contributed by atoms with van der Waals surface area (Å²) in [4.78, 5) is 43.3. The van der Waals surface area contributed by atoms with Crippen molar-refractivity contribution in [1.82, 2.24) is 4.90 Å². The Bertz CT molecular complexity index is 1190. The summed E-state index contributed by atoms with van der Waals surface area (Å²) in [6.45, 7) is 2.14. The second kappa shape index (κ2) is 9.96. The van der Waals surface area contributed by atoms with Crippen LogP contribution in [0.15, 0.2) is 60.0 Å². The highest BCUT2D eigenvalue weighted by Crippen LogP contribution is 2.30. The van der Waals surface area contributed by atoms with Gasteiger partial charge in [0.25, 0.3) is 5.91 Å². The van der Waals surface area contributed by atoms with Gasteiger partial charge < -0.3 is 19.7 Å². The monoisotopic (exact) mass is 479 g/mol. The normalized spacial score (nSPS) is 15.6. The molecule has 0 aliphatic carbocycles. The van der Waals surface area contributed by atoms with Crippen molar-refractivity contribution in [2.45, 2.75) is 25.9 Å². The number of carbonyl (C=O) groups is 3. The van der Waals surface area contributed by atoms with Crippen LogP contribution in [0, 0.1) is 6.92 Å². The van der Waals surface area contributed by atoms with Gasteiger partial charge in [-0.25, -0.2) is 9.69 Å². The van der Waals surface area contributed by atoms with Gasteiger partial charge in [-0.3, -0.25) is 9.59 Å². The van der Waals surface area contributed by atoms with Crippen molar-refractivity contribution < 1.29 is 23.9 Å². The first-order valence-corrected chi connectivity index (χ1v) is 11.5. The number of hydrogen-bond acceptors (Lipinski definition) is 6. The number of anilines is 2. The number of nitrogens with one attached hydrogen (secondary N) is 1. The molecule has 176 valence electrons. The SMILES string of the molecule is COc1cc(NC(=O)C[C@@H]2C(=O)N(c3cccc(C)c3)C(=O)N2Cc2cccs2)cc(OC)c1. The third-order valence-corrected chi connectivity index (χ3v) is 6.36. The maximum atomic E-state index is 13.4. The number of nitrogens with zero attached hydrogens (tertiary/aromatic N) is 2. The first-order chi connectivity index (χ1) is 16.4. The molecule has 4 amide bonds. The first-order valence-electron chi connectivity index (χ1n) is 10.7. The van der Waals surface area contributed by atoms with E-state index in [9.17, 15) is 14.4 Å². The average Bonchev–Trinajstić information content (AvgIpc) is 3.41. The molecule has 0 saturated carbocycles. The summed E-state index contributed by atoms with van der Waals surface area (Å²) in [5.74, 6) is 0.215. The van der Waals surface area contributed by atoms with E-state index in [-0.39, 0.29) is 13.0 Å². The molecule has 1 aliphatic heterocycles. The van der Waals surface area contributed by atoms with Crippen molar-refractivity contribution >= 4 is 40.6 Å². The van der Waals surface area contributed by atoms with E-state index < -0.39 is 23.9 Å². The Kier molecular flexibility index (Phi) is 6.83. The minimum atomic E-state index is -0.928. The molecule has 8 nitrogen and oxygen atoms in total. The van der Waals surface area contributed by atoms with Gasteiger partial charge in [-0.2, -0.15) is 0 Å². The minimum Gasteiger partial charge on any atom is -0.497 e. The second-order valence-electron chi connectivity index (χ2n) is 7.87. The molecule has 2 heterocycles. The van der Waals surface area contributed by atoms with Crippen LogP contribution in [0.5, 0.6) is 11.5 Å². The predicted molar refractivity (Wildman–Crippen MR) is 131 cm³/mol. The number of amides is 4. The zero-order valence-electron chi connectivity index (χ0n) is 19.1. The van der Waals surface area contributed by atoms with E-state index in [1.165, 1.54) is 30.5 Å². The highest BCUT2D eigenvalue weighted by Gasteiger charge is 2.46. The van der Waals surface area contributed by atoms with Crippen LogP contribution in [0.2, 0.25) is 0 Å². The van der Waals surface area contributed by atoms with Crippen LogP contribution in [-0.4, -0.2) is 43.0 Å². The number of methoxy groups -OCH3 is 2. The number of hydrogen-bond donors (Lipinski definition) is 1. The summed E-state index contributed by atoms with van der Waals surface area (Å²) < 4.78 is 10.5. The smallest absolute Gasteiger partial charge is 0.332 e. The van der Waals surface area contributed by atoms with Crippen molar-refractivity contribution in [3.05, 3.63) is 70.4 Å². The van der Waals surface area contributed by atoms with Crippen molar-refractivity contribution in [2.75, 3.05) is 24.4 Å². The van der Waals surface area contributed by atoms with Gasteiger partial charge in [0, 0.05) is 28.8 Å². The molecular weight excluding hydrogens is 454 g/mol. The van der Waals surface area contributed by atoms with Crippen LogP contribution in [0.4, 0.5) is 16.2 Å². The van der Waals surface area contributed by atoms with E-state index in [0.29, 0.717) is 22.9 Å². The lowest BCUT2D eigenvalue weighted by atomic mass is 10.1. The number of carbonyl (C=O) groups excluding carboxylic acids is 3. The predicted octanol–water partition coefficient (Wildman–Crippen LogP) is 4.44. The highest BCUT2D eigenvalue weighted by molar-refractivity contribution is 7.09. The maximum Gasteiger partial charge on any atom is 0.332 e. The lowest BCUT2D eigenvalue weighted by molar-refractivity contribution is -0.124. The zero-order chi connectivity index (χ0) is 24.2. The first kappa shape index (κ1) is 23.3. The van der Waals surface area contributed by atoms with E-state index in [0.717, 1.165) is 15.3 Å². The molecule has 2 aromatic carbocycles. The molecule has 1 fully saturated rings. The van der Waals surface area contributed by atoms with Crippen LogP contribution in [0.1, 0.15) is 16.9 Å². The highest BCUT2D eigenvalue weighted by atomic mass is 32.1. The fourth-order valence-electron chi connectivity index (χ4n) is 3.86. The van der Waals surface area contributed by atoms with E-state index >= 15 is 0 Å². The van der Waals surface area contributed by atoms with Crippen molar-refractivity contribution in [3.63, 3.8) is 0 Å². The Hall–Kier alpha value is -3.85. The van der Waals surface area contributed by atoms with Gasteiger partial charge in [-0.1, -0.05) is 18.2 Å². The molecule has 0 spiro atoms. The van der Waals surface area contributed by atoms with Gasteiger partial charge in [0.05, 0.1) is 32.9 Å². The number of rotatable bonds is 8. The molecule has 1 atom stereocenters. The second-order valence-corrected chi connectivity index (χ2v) is 8.90. The van der Waals surface area contributed by atoms with Gasteiger partial charge in [-0.15, -0.1) is 11.3 Å². The van der Waals surface area contributed by atoms with Gasteiger partial charge in [0.2, 0.25) is 5.91 Å². The van der Waals surface area contributed by atoms with Crippen molar-refractivity contribution in [1.29, 1.82) is 0 Å². The number of ether oxygens (including phenoxy) is 2. The number of benzene rings is 2. The van der Waals surface area contributed by atoms with Crippen molar-refractivity contribution in [3.8, 4) is 11.5 Å². The summed E-state index contributed by atoms with van der Waals surface area (Å²) in [7, 11) is 3.04. The fourth-order valence-corrected chi connectivity index (χ4v) is 4.56. The Morgan fingerprint density at radius 2 is 1.76 bits per heavy atom. The molecule has 0 unspecified atom stereocenters. The summed E-state index contributed by atoms with van der Waals surface area (Å²) in [6.07, 6.45) is -0.183. The Balaban J connectivity index is 1.59. The molecule has 3 aromatic rings. The molecule has 4 rings (SSSR count). The van der Waals surface area contributed by atoms with E-state index in [1.54, 1.807) is 36.4 Å². The van der Waals surface area contributed by atoms with Crippen LogP contribution < -0.4 is 19.7 Å². The summed E-state index contributed by atoms with van der Waals surface area (Å²) >= 11 is 1.49. The van der Waals surface area contributed by atoms with Crippen LogP contribution in [-0.2, 0) is 16.1 Å². The molecule has 0 bridgehead atoms. The van der Waals surface area contributed by atoms with E-state index in [2.05, 4.69) is 5.32 Å². The number of thiophene rings is 1. The molecular formula is C25H25N3O5S. The van der Waals surface area contributed by atoms with Gasteiger partial charge >= 0.3 is 6.03 Å². The standard InChI is InChI=1S/C25H25N3O5S/c1-16-6-4-7-18(10-16)28-24(30)22(27(25(28)31)15-21-8-5-9-34-21)14-23(29)26-17-11-19(32-2)13-20(12-17)33-3/h4-13,22H,14-15H2,1-3H3,(H,26,29)/t22-/m1/s1. The largest absolute Gasteiger partial charge is 0.497 e. The summed E-state index contributed by atoms with van der Waals surface area (Å²) in [5, 5.41) is 4.70. The summed E-state index contributed by atoms with van der Waals surface area (Å²) in [6, 6.07) is 14.6. The third kappa shape index (κ3) is 4.89. The molecule has 1 saturated heterocycles. The molecule has 1 N–H and O–H groups in total. The van der Waals surface area contributed by atoms with Crippen LogP contribution in [0.3, 0.4) is 0 Å². The quantitative estimate of drug-likeness (QED) is 0.483. The van der Waals surface area contributed by atoms with Crippen LogP contribution in [0.25, 0.3) is 0 Å². The lowest BCUT2D eigenvalue weighted by Crippen LogP contribution is -2.37. The lowest BCUT2D eigenvalue weighted by Gasteiger charge is -2.21.